The van der Waals surface area contributed by atoms with E-state index in [-0.39, 0.29) is 39.5 Å². The number of hydrogen-bond donors (Lipinski definition) is 3. The number of nitrogens with zero attached hydrogens (tertiary/aromatic N) is 4. The standard InChI is InChI=1S/C47H54FN7O7S/c1-30(2)35-6-3-4-7-36(35)37-8-5-9-42(37)54-28-47(29-54)16-18-53(19-17-47)32-10-12-38(44(22-32)62-33-23-39-40(48)27-51-45(39)50-26-33)46(56)52-63(59,60)34-11-13-41(43(24-34)55(57)58)49-25-31-14-20-61-21-15-31/h3-4,6-7,10-13,22-24,26-27,30-31,37,42,49H,5,8-9,14-21,25,28-29H2,1-2H3,(H,50,51)(H,52,56)/t37-,42-/m1/s1. The van der Waals surface area contributed by atoms with Crippen LogP contribution < -0.4 is 19.7 Å². The van der Waals surface area contributed by atoms with Crippen molar-refractivity contribution < 1.29 is 32.0 Å². The van der Waals surface area contributed by atoms with Gasteiger partial charge in [0.15, 0.2) is 0 Å². The highest BCUT2D eigenvalue weighted by Crippen LogP contribution is 2.49. The molecule has 63 heavy (non-hydrogen) atoms. The van der Waals surface area contributed by atoms with E-state index in [1.807, 2.05) is 0 Å². The molecular formula is C47H54FN7O7S. The number of ether oxygens (including phenoxy) is 2. The minimum Gasteiger partial charge on any atom is -0.455 e. The van der Waals surface area contributed by atoms with Gasteiger partial charge in [0.1, 0.15) is 28.7 Å². The molecule has 3 saturated heterocycles. The Labute approximate surface area is 366 Å². The van der Waals surface area contributed by atoms with E-state index in [0.717, 1.165) is 63.6 Å². The first-order valence-electron chi connectivity index (χ1n) is 22.1. The molecule has 332 valence electrons. The van der Waals surface area contributed by atoms with Crippen LogP contribution in [0.15, 0.2) is 84.0 Å². The molecule has 1 saturated carbocycles. The van der Waals surface area contributed by atoms with Crippen molar-refractivity contribution in [2.75, 3.05) is 56.2 Å². The number of likely N-dealkylation sites (tertiary alicyclic amines) is 1. The fraction of sp³-hybridized carbons (Fsp3) is 0.447. The molecule has 4 fully saturated rings. The lowest BCUT2D eigenvalue weighted by atomic mass is 9.70. The number of nitro groups is 1. The van der Waals surface area contributed by atoms with E-state index in [2.05, 4.69) is 67.9 Å². The molecule has 16 heteroatoms. The van der Waals surface area contributed by atoms with Crippen molar-refractivity contribution in [1.29, 1.82) is 0 Å². The zero-order valence-electron chi connectivity index (χ0n) is 35.6. The molecule has 0 bridgehead atoms. The summed E-state index contributed by atoms with van der Waals surface area (Å²) in [7, 11) is -4.59. The van der Waals surface area contributed by atoms with Crippen molar-refractivity contribution in [2.24, 2.45) is 11.3 Å². The second-order valence-electron chi connectivity index (χ2n) is 18.1. The predicted octanol–water partition coefficient (Wildman–Crippen LogP) is 8.72. The van der Waals surface area contributed by atoms with Gasteiger partial charge in [-0.2, -0.15) is 0 Å². The molecule has 4 aliphatic rings. The molecule has 3 N–H and O–H groups in total. The normalized spacial score (nSPS) is 20.5. The number of carbonyl (C=O) groups is 1. The quantitative estimate of drug-likeness (QED) is 0.0763. The van der Waals surface area contributed by atoms with Gasteiger partial charge in [-0.3, -0.25) is 19.8 Å². The minimum absolute atomic E-state index is 0.0417. The summed E-state index contributed by atoms with van der Waals surface area (Å²) in [4.78, 5) is 36.9. The third-order valence-electron chi connectivity index (χ3n) is 13.8. The molecule has 0 radical (unpaired) electrons. The van der Waals surface area contributed by atoms with Crippen LogP contribution in [0, 0.1) is 27.3 Å². The number of nitro benzene ring substituents is 1. The van der Waals surface area contributed by atoms with E-state index >= 15 is 0 Å². The van der Waals surface area contributed by atoms with E-state index < -0.39 is 37.3 Å². The van der Waals surface area contributed by atoms with Crippen molar-refractivity contribution in [3.63, 3.8) is 0 Å². The number of nitrogens with one attached hydrogen (secondary N) is 3. The Morgan fingerprint density at radius 1 is 1.05 bits per heavy atom. The van der Waals surface area contributed by atoms with Crippen LogP contribution in [0.4, 0.5) is 21.5 Å². The summed E-state index contributed by atoms with van der Waals surface area (Å²) in [6.45, 7) is 10.0. The molecule has 3 aliphatic heterocycles. The Morgan fingerprint density at radius 2 is 1.83 bits per heavy atom. The maximum Gasteiger partial charge on any atom is 0.293 e. The van der Waals surface area contributed by atoms with Crippen LogP contribution in [0.1, 0.15) is 92.1 Å². The number of piperidine rings is 1. The van der Waals surface area contributed by atoms with E-state index in [0.29, 0.717) is 43.3 Å². The molecule has 2 atom stereocenters. The van der Waals surface area contributed by atoms with Gasteiger partial charge < -0.3 is 24.7 Å². The van der Waals surface area contributed by atoms with Gasteiger partial charge in [-0.15, -0.1) is 0 Å². The molecule has 14 nitrogen and oxygen atoms in total. The van der Waals surface area contributed by atoms with Crippen LogP contribution in [0.25, 0.3) is 11.0 Å². The van der Waals surface area contributed by atoms with Crippen molar-refractivity contribution in [3.8, 4) is 11.5 Å². The number of rotatable bonds is 13. The monoisotopic (exact) mass is 879 g/mol. The van der Waals surface area contributed by atoms with E-state index in [4.69, 9.17) is 9.47 Å². The van der Waals surface area contributed by atoms with Crippen molar-refractivity contribution in [2.45, 2.75) is 81.6 Å². The van der Waals surface area contributed by atoms with Crippen LogP contribution >= 0.6 is 0 Å². The molecule has 9 rings (SSSR count). The predicted molar refractivity (Wildman–Crippen MR) is 239 cm³/mol. The molecule has 0 unspecified atom stereocenters. The Bertz CT molecular complexity index is 2620. The molecule has 5 aromatic rings. The third-order valence-corrected chi connectivity index (χ3v) is 15.1. The van der Waals surface area contributed by atoms with E-state index in [1.165, 1.54) is 67.0 Å². The summed E-state index contributed by atoms with van der Waals surface area (Å²) in [6, 6.07) is 19.5. The van der Waals surface area contributed by atoms with Crippen LogP contribution in [-0.2, 0) is 14.8 Å². The first-order valence-corrected chi connectivity index (χ1v) is 23.5. The molecule has 1 amide bonds. The van der Waals surface area contributed by atoms with Crippen molar-refractivity contribution >= 4 is 44.0 Å². The smallest absolute Gasteiger partial charge is 0.293 e. The van der Waals surface area contributed by atoms with Gasteiger partial charge in [0.2, 0.25) is 0 Å². The molecular weight excluding hydrogens is 826 g/mol. The summed E-state index contributed by atoms with van der Waals surface area (Å²) in [5.41, 5.74) is 3.97. The van der Waals surface area contributed by atoms with Gasteiger partial charge in [0, 0.05) is 76.0 Å². The molecule has 5 heterocycles. The van der Waals surface area contributed by atoms with Crippen molar-refractivity contribution in [1.82, 2.24) is 19.6 Å². The number of hydrogen-bond acceptors (Lipinski definition) is 11. The fourth-order valence-electron chi connectivity index (χ4n) is 10.3. The zero-order valence-corrected chi connectivity index (χ0v) is 36.5. The average Bonchev–Trinajstić information content (AvgIpc) is 3.91. The number of halogens is 1. The second-order valence-corrected chi connectivity index (χ2v) is 19.8. The lowest BCUT2D eigenvalue weighted by Crippen LogP contribution is -2.63. The highest BCUT2D eigenvalue weighted by atomic mass is 32.2. The molecule has 1 aliphatic carbocycles. The lowest BCUT2D eigenvalue weighted by Gasteiger charge is -2.57. The number of sulfonamides is 1. The summed E-state index contributed by atoms with van der Waals surface area (Å²) in [5, 5.41) is 15.4. The number of H-pyrrole nitrogens is 1. The van der Waals surface area contributed by atoms with Gasteiger partial charge >= 0.3 is 0 Å². The molecule has 1 spiro atoms. The zero-order chi connectivity index (χ0) is 43.9. The van der Waals surface area contributed by atoms with Gasteiger partial charge in [0.25, 0.3) is 21.6 Å². The number of pyridine rings is 1. The Hall–Kier alpha value is -5.58. The van der Waals surface area contributed by atoms with Gasteiger partial charge in [-0.05, 0) is 103 Å². The molecule has 3 aromatic carbocycles. The summed E-state index contributed by atoms with van der Waals surface area (Å²) < 4.78 is 55.7. The number of anilines is 2. The molecule has 2 aromatic heterocycles. The Kier molecular flexibility index (Phi) is 11.9. The minimum atomic E-state index is -4.59. The summed E-state index contributed by atoms with van der Waals surface area (Å²) in [6.07, 6.45) is 9.91. The first kappa shape index (κ1) is 42.7. The van der Waals surface area contributed by atoms with Crippen LogP contribution in [0.5, 0.6) is 11.5 Å². The Morgan fingerprint density at radius 3 is 2.59 bits per heavy atom. The topological polar surface area (TPSA) is 172 Å². The highest BCUT2D eigenvalue weighted by Gasteiger charge is 2.49. The number of aromatic nitrogens is 2. The highest BCUT2D eigenvalue weighted by molar-refractivity contribution is 7.90. The SMILES string of the molecule is CC(C)c1ccccc1[C@H]1CCC[C@H]1N1CC2(CCN(c3ccc(C(=O)NS(=O)(=O)c4ccc(NCC5CCOCC5)c([N+](=O)[O-])c4)c(Oc4cnc5[nH]cc(F)c5c4)c3)CC2)C1. The van der Waals surface area contributed by atoms with Crippen LogP contribution in [0.3, 0.4) is 0 Å². The number of carbonyl (C=O) groups excluding carboxylic acids is 1. The fourth-order valence-corrected chi connectivity index (χ4v) is 11.2. The average molecular weight is 880 g/mol. The number of benzene rings is 3. The second kappa shape index (κ2) is 17.5. The van der Waals surface area contributed by atoms with Crippen LogP contribution in [0.2, 0.25) is 0 Å². The van der Waals surface area contributed by atoms with Gasteiger partial charge in [0.05, 0.1) is 27.0 Å². The largest absolute Gasteiger partial charge is 0.455 e. The van der Waals surface area contributed by atoms with Crippen LogP contribution in [-0.4, -0.2) is 86.1 Å². The van der Waals surface area contributed by atoms with Gasteiger partial charge in [-0.25, -0.2) is 22.5 Å². The number of fused-ring (bicyclic) bond motifs is 1. The maximum absolute atomic E-state index is 14.6. The van der Waals surface area contributed by atoms with Crippen molar-refractivity contribution in [3.05, 3.63) is 112 Å². The first-order chi connectivity index (χ1) is 30.4. The van der Waals surface area contributed by atoms with E-state index in [1.54, 1.807) is 12.1 Å². The number of aromatic amines is 1. The van der Waals surface area contributed by atoms with E-state index in [9.17, 15) is 27.7 Å². The Balaban J connectivity index is 0.912. The maximum atomic E-state index is 14.6. The lowest BCUT2D eigenvalue weighted by molar-refractivity contribution is -0.384. The number of amides is 1. The third kappa shape index (κ3) is 8.85. The summed E-state index contributed by atoms with van der Waals surface area (Å²) in [5.74, 6) is -0.0378. The van der Waals surface area contributed by atoms with Gasteiger partial charge in [-0.1, -0.05) is 44.5 Å². The summed E-state index contributed by atoms with van der Waals surface area (Å²) >= 11 is 0.